The molecule has 144 valence electrons. The van der Waals surface area contributed by atoms with Gasteiger partial charge in [0.25, 0.3) is 5.91 Å². The summed E-state index contributed by atoms with van der Waals surface area (Å²) in [6, 6.07) is 4.12. The van der Waals surface area contributed by atoms with Gasteiger partial charge in [0.2, 0.25) is 11.8 Å². The van der Waals surface area contributed by atoms with Gasteiger partial charge in [-0.1, -0.05) is 19.9 Å². The van der Waals surface area contributed by atoms with Gasteiger partial charge in [-0.3, -0.25) is 24.2 Å². The van der Waals surface area contributed by atoms with E-state index in [9.17, 15) is 19.2 Å². The van der Waals surface area contributed by atoms with Crippen LogP contribution in [-0.2, 0) is 14.4 Å². The largest absolute Gasteiger partial charge is 0.370 e. The van der Waals surface area contributed by atoms with Crippen molar-refractivity contribution in [3.05, 3.63) is 30.1 Å². The zero-order valence-electron chi connectivity index (χ0n) is 15.6. The molecule has 2 N–H and O–H groups in total. The zero-order chi connectivity index (χ0) is 19.8. The molecule has 0 saturated carbocycles. The minimum atomic E-state index is -0.616. The molecule has 0 aromatic carbocycles. The van der Waals surface area contributed by atoms with E-state index < -0.39 is 17.4 Å². The van der Waals surface area contributed by atoms with Gasteiger partial charge in [0, 0.05) is 25.6 Å². The number of amides is 3. The number of hydrogen-bond acceptors (Lipinski definition) is 5. The first kappa shape index (κ1) is 19.0. The van der Waals surface area contributed by atoms with Gasteiger partial charge in [-0.2, -0.15) is 0 Å². The van der Waals surface area contributed by atoms with Gasteiger partial charge < -0.3 is 15.5 Å². The van der Waals surface area contributed by atoms with Crippen LogP contribution in [-0.4, -0.2) is 63.5 Å². The maximum Gasteiger partial charge on any atom is 0.273 e. The van der Waals surface area contributed by atoms with E-state index >= 15 is 0 Å². The molecule has 3 heterocycles. The molecule has 2 atom stereocenters. The Balaban J connectivity index is 1.73. The van der Waals surface area contributed by atoms with Crippen molar-refractivity contribution in [2.45, 2.75) is 45.2 Å². The Morgan fingerprint density at radius 1 is 1.22 bits per heavy atom. The van der Waals surface area contributed by atoms with Crippen molar-refractivity contribution in [3.63, 3.8) is 0 Å². The van der Waals surface area contributed by atoms with Crippen LogP contribution in [0.1, 0.15) is 43.6 Å². The minimum absolute atomic E-state index is 0.0147. The molecule has 8 nitrogen and oxygen atoms in total. The highest BCUT2D eigenvalue weighted by atomic mass is 16.2. The summed E-state index contributed by atoms with van der Waals surface area (Å²) in [6.45, 7) is 4.00. The van der Waals surface area contributed by atoms with Gasteiger partial charge in [0.05, 0.1) is 12.6 Å². The maximum absolute atomic E-state index is 12.8. The molecule has 8 heteroatoms. The van der Waals surface area contributed by atoms with Crippen molar-refractivity contribution in [2.24, 2.45) is 11.1 Å². The number of likely N-dealkylation sites (tertiary alicyclic amines) is 2. The molecule has 1 aromatic heterocycles. The first-order valence-electron chi connectivity index (χ1n) is 9.02. The van der Waals surface area contributed by atoms with Gasteiger partial charge in [0.15, 0.2) is 5.78 Å². The third-order valence-corrected chi connectivity index (χ3v) is 5.17. The van der Waals surface area contributed by atoms with Crippen LogP contribution in [0.2, 0.25) is 0 Å². The molecule has 0 aliphatic carbocycles. The van der Waals surface area contributed by atoms with Gasteiger partial charge in [-0.15, -0.1) is 0 Å². The van der Waals surface area contributed by atoms with Crippen molar-refractivity contribution < 1.29 is 19.2 Å². The fourth-order valence-electron chi connectivity index (χ4n) is 4.05. The normalized spacial score (nSPS) is 22.1. The van der Waals surface area contributed by atoms with Gasteiger partial charge in [-0.25, -0.2) is 0 Å². The second-order valence-corrected chi connectivity index (χ2v) is 7.99. The van der Waals surface area contributed by atoms with Gasteiger partial charge in [-0.05, 0) is 24.0 Å². The van der Waals surface area contributed by atoms with Crippen molar-refractivity contribution in [2.75, 3.05) is 13.1 Å². The lowest BCUT2D eigenvalue weighted by Gasteiger charge is -2.28. The summed E-state index contributed by atoms with van der Waals surface area (Å²) in [5.74, 6) is -1.08. The first-order valence-corrected chi connectivity index (χ1v) is 9.02. The number of rotatable bonds is 5. The fourth-order valence-corrected chi connectivity index (χ4v) is 4.05. The highest BCUT2D eigenvalue weighted by Gasteiger charge is 2.51. The highest BCUT2D eigenvalue weighted by Crippen LogP contribution is 2.33. The Morgan fingerprint density at radius 3 is 2.59 bits per heavy atom. The van der Waals surface area contributed by atoms with E-state index in [1.165, 1.54) is 11.1 Å². The molecule has 2 saturated heterocycles. The average Bonchev–Trinajstić information content (AvgIpc) is 3.15. The molecule has 2 aliphatic heterocycles. The van der Waals surface area contributed by atoms with E-state index in [0.717, 1.165) is 0 Å². The number of nitrogens with two attached hydrogens (primary N) is 1. The maximum atomic E-state index is 12.8. The standard InChI is InChI=1S/C19H24N4O4/c1-19(2,9-15(20)25)10-16(26)22-8-6-13-17(22)14(24)11-23(13)18(27)12-5-3-4-7-21-12/h3-5,7,13,17H,6,8-11H2,1-2H3,(H2,20,25). The van der Waals surface area contributed by atoms with Crippen LogP contribution in [0.4, 0.5) is 0 Å². The Bertz CT molecular complexity index is 777. The molecule has 0 bridgehead atoms. The molecule has 2 fully saturated rings. The van der Waals surface area contributed by atoms with Crippen LogP contribution < -0.4 is 5.73 Å². The Kier molecular flexibility index (Phi) is 4.99. The summed E-state index contributed by atoms with van der Waals surface area (Å²) < 4.78 is 0. The summed E-state index contributed by atoms with van der Waals surface area (Å²) in [5.41, 5.74) is 4.97. The Morgan fingerprint density at radius 2 is 1.96 bits per heavy atom. The lowest BCUT2D eigenvalue weighted by atomic mass is 9.84. The number of aromatic nitrogens is 1. The number of primary amides is 1. The molecular formula is C19H24N4O4. The number of hydrogen-bond donors (Lipinski definition) is 1. The van der Waals surface area contributed by atoms with Crippen LogP contribution in [0, 0.1) is 5.41 Å². The number of fused-ring (bicyclic) bond motifs is 1. The fraction of sp³-hybridized carbons (Fsp3) is 0.526. The third-order valence-electron chi connectivity index (χ3n) is 5.17. The van der Waals surface area contributed by atoms with Crippen molar-refractivity contribution in [1.82, 2.24) is 14.8 Å². The summed E-state index contributed by atoms with van der Waals surface area (Å²) in [4.78, 5) is 56.4. The van der Waals surface area contributed by atoms with Crippen LogP contribution in [0.25, 0.3) is 0 Å². The number of carbonyl (C=O) groups is 4. The molecule has 2 aliphatic rings. The van der Waals surface area contributed by atoms with Crippen molar-refractivity contribution in [3.8, 4) is 0 Å². The summed E-state index contributed by atoms with van der Waals surface area (Å²) >= 11 is 0. The van der Waals surface area contributed by atoms with Crippen molar-refractivity contribution in [1.29, 1.82) is 0 Å². The van der Waals surface area contributed by atoms with Gasteiger partial charge in [0.1, 0.15) is 11.7 Å². The predicted molar refractivity (Wildman–Crippen MR) is 96.4 cm³/mol. The van der Waals surface area contributed by atoms with E-state index in [-0.39, 0.29) is 43.0 Å². The summed E-state index contributed by atoms with van der Waals surface area (Å²) in [7, 11) is 0. The van der Waals surface area contributed by atoms with Crippen LogP contribution >= 0.6 is 0 Å². The average molecular weight is 372 g/mol. The third kappa shape index (κ3) is 3.84. The Hall–Kier alpha value is -2.77. The lowest BCUT2D eigenvalue weighted by molar-refractivity contribution is -0.138. The molecule has 2 unspecified atom stereocenters. The van der Waals surface area contributed by atoms with Gasteiger partial charge >= 0.3 is 0 Å². The second-order valence-electron chi connectivity index (χ2n) is 7.99. The van der Waals surface area contributed by atoms with E-state index in [1.54, 1.807) is 36.9 Å². The topological polar surface area (TPSA) is 114 Å². The number of Topliss-reactive ketones (excluding diaryl/α,β-unsaturated/α-hetero) is 1. The summed E-state index contributed by atoms with van der Waals surface area (Å²) in [6.07, 6.45) is 2.31. The summed E-state index contributed by atoms with van der Waals surface area (Å²) in [5, 5.41) is 0. The number of carbonyl (C=O) groups excluding carboxylic acids is 4. The smallest absolute Gasteiger partial charge is 0.273 e. The molecular weight excluding hydrogens is 348 g/mol. The van der Waals surface area contributed by atoms with Crippen molar-refractivity contribution >= 4 is 23.5 Å². The molecule has 3 rings (SSSR count). The molecule has 0 radical (unpaired) electrons. The van der Waals surface area contributed by atoms with E-state index in [4.69, 9.17) is 5.73 Å². The van der Waals surface area contributed by atoms with Crippen LogP contribution in [0.5, 0.6) is 0 Å². The zero-order valence-corrected chi connectivity index (χ0v) is 15.6. The predicted octanol–water partition coefficient (Wildman–Crippen LogP) is 0.368. The quantitative estimate of drug-likeness (QED) is 0.802. The van der Waals surface area contributed by atoms with E-state index in [2.05, 4.69) is 4.98 Å². The second kappa shape index (κ2) is 7.09. The highest BCUT2D eigenvalue weighted by molar-refractivity contribution is 6.01. The van der Waals surface area contributed by atoms with Crippen LogP contribution in [0.3, 0.4) is 0 Å². The molecule has 0 spiro atoms. The van der Waals surface area contributed by atoms with E-state index in [0.29, 0.717) is 18.7 Å². The number of pyridine rings is 1. The lowest BCUT2D eigenvalue weighted by Crippen LogP contribution is -2.44. The first-order chi connectivity index (χ1) is 12.7. The Labute approximate surface area is 157 Å². The monoisotopic (exact) mass is 372 g/mol. The number of nitrogens with zero attached hydrogens (tertiary/aromatic N) is 3. The number of ketones is 1. The SMILES string of the molecule is CC(C)(CC(N)=O)CC(=O)N1CCC2C1C(=O)CN2C(=O)c1ccccn1. The molecule has 1 aromatic rings. The molecule has 3 amide bonds. The minimum Gasteiger partial charge on any atom is -0.370 e. The molecule has 27 heavy (non-hydrogen) atoms. The van der Waals surface area contributed by atoms with E-state index in [1.807, 2.05) is 0 Å². The van der Waals surface area contributed by atoms with Crippen LogP contribution in [0.15, 0.2) is 24.4 Å².